The van der Waals surface area contributed by atoms with Gasteiger partial charge in [-0.1, -0.05) is 30.3 Å². The zero-order chi connectivity index (χ0) is 22.5. The summed E-state index contributed by atoms with van der Waals surface area (Å²) in [7, 11) is 0. The summed E-state index contributed by atoms with van der Waals surface area (Å²) >= 11 is 9.92. The number of aliphatic imine (C=N–C) groups is 1. The monoisotopic (exact) mass is 468 g/mol. The average molecular weight is 469 g/mol. The van der Waals surface area contributed by atoms with Crippen molar-refractivity contribution in [3.05, 3.63) is 59.7 Å². The number of hydrogen-bond donors (Lipinski definition) is 2. The van der Waals surface area contributed by atoms with E-state index in [0.717, 1.165) is 23.3 Å². The van der Waals surface area contributed by atoms with Gasteiger partial charge in [0, 0.05) is 36.6 Å². The van der Waals surface area contributed by atoms with Gasteiger partial charge in [0.1, 0.15) is 11.6 Å². The van der Waals surface area contributed by atoms with E-state index in [1.54, 1.807) is 6.07 Å². The van der Waals surface area contributed by atoms with E-state index in [4.69, 9.17) is 22.7 Å². The summed E-state index contributed by atoms with van der Waals surface area (Å²) in [6.07, 6.45) is 4.63. The van der Waals surface area contributed by atoms with E-state index in [1.807, 2.05) is 52.3 Å². The minimum atomic E-state index is -0.0354. The summed E-state index contributed by atoms with van der Waals surface area (Å²) < 4.78 is 6.17. The van der Waals surface area contributed by atoms with E-state index in [1.165, 1.54) is 12.8 Å². The SMILES string of the molecule is N/C(=N\C(=S)N1CCN(C(=O)c2cc(S)ccc2OC2CCCC2)CC1)c1ccccc1. The number of benzene rings is 2. The molecule has 1 aliphatic carbocycles. The van der Waals surface area contributed by atoms with Crippen molar-refractivity contribution in [2.24, 2.45) is 10.7 Å². The minimum Gasteiger partial charge on any atom is -0.490 e. The maximum atomic E-state index is 13.3. The van der Waals surface area contributed by atoms with Gasteiger partial charge in [0.2, 0.25) is 0 Å². The molecule has 8 heteroatoms. The molecular weight excluding hydrogens is 440 g/mol. The average Bonchev–Trinajstić information content (AvgIpc) is 3.33. The Balaban J connectivity index is 1.39. The molecule has 0 unspecified atom stereocenters. The first-order chi connectivity index (χ1) is 15.5. The fourth-order valence-electron chi connectivity index (χ4n) is 4.09. The zero-order valence-electron chi connectivity index (χ0n) is 17.9. The van der Waals surface area contributed by atoms with Crippen molar-refractivity contribution in [2.75, 3.05) is 26.2 Å². The molecule has 2 aliphatic rings. The molecule has 1 aliphatic heterocycles. The van der Waals surface area contributed by atoms with Gasteiger partial charge in [-0.15, -0.1) is 12.6 Å². The van der Waals surface area contributed by atoms with Crippen LogP contribution in [0.3, 0.4) is 0 Å². The number of thiocarbonyl (C=S) groups is 1. The topological polar surface area (TPSA) is 71.2 Å². The summed E-state index contributed by atoms with van der Waals surface area (Å²) in [5.41, 5.74) is 7.52. The smallest absolute Gasteiger partial charge is 0.257 e. The van der Waals surface area contributed by atoms with Gasteiger partial charge in [-0.3, -0.25) is 4.79 Å². The molecule has 168 valence electrons. The molecule has 2 aromatic rings. The summed E-state index contributed by atoms with van der Waals surface area (Å²) in [5, 5.41) is 0.445. The third-order valence-electron chi connectivity index (χ3n) is 5.91. The quantitative estimate of drug-likeness (QED) is 0.310. The lowest BCUT2D eigenvalue weighted by Crippen LogP contribution is -2.50. The molecule has 0 spiro atoms. The van der Waals surface area contributed by atoms with Gasteiger partial charge in [-0.25, -0.2) is 4.99 Å². The van der Waals surface area contributed by atoms with Gasteiger partial charge in [0.25, 0.3) is 5.91 Å². The summed E-state index contributed by atoms with van der Waals surface area (Å²) in [4.78, 5) is 22.3. The summed E-state index contributed by atoms with van der Waals surface area (Å²) in [5.74, 6) is 1.01. The lowest BCUT2D eigenvalue weighted by Gasteiger charge is -2.35. The number of nitrogens with zero attached hydrogens (tertiary/aromatic N) is 3. The Morgan fingerprint density at radius 1 is 1.03 bits per heavy atom. The molecule has 2 aromatic carbocycles. The van der Waals surface area contributed by atoms with E-state index in [0.29, 0.717) is 48.4 Å². The Morgan fingerprint density at radius 2 is 1.69 bits per heavy atom. The number of nitrogens with two attached hydrogens (primary N) is 1. The second-order valence-corrected chi connectivity index (χ2v) is 9.01. The minimum absolute atomic E-state index is 0.0354. The van der Waals surface area contributed by atoms with Gasteiger partial charge in [0.15, 0.2) is 5.11 Å². The second-order valence-electron chi connectivity index (χ2n) is 8.13. The molecule has 0 bridgehead atoms. The largest absolute Gasteiger partial charge is 0.490 e. The fourth-order valence-corrected chi connectivity index (χ4v) is 4.58. The van der Waals surface area contributed by atoms with E-state index in [2.05, 4.69) is 17.6 Å². The van der Waals surface area contributed by atoms with Crippen LogP contribution >= 0.6 is 24.8 Å². The van der Waals surface area contributed by atoms with E-state index >= 15 is 0 Å². The molecule has 32 heavy (non-hydrogen) atoms. The van der Waals surface area contributed by atoms with Crippen LogP contribution < -0.4 is 10.5 Å². The fraction of sp³-hybridized carbons (Fsp3) is 0.375. The van der Waals surface area contributed by atoms with Crippen molar-refractivity contribution in [1.82, 2.24) is 9.80 Å². The van der Waals surface area contributed by atoms with Crippen LogP contribution in [0.15, 0.2) is 58.4 Å². The Kier molecular flexibility index (Phi) is 7.32. The number of hydrogen-bond acceptors (Lipinski definition) is 4. The molecular formula is C24H28N4O2S2. The Bertz CT molecular complexity index is 998. The predicted molar refractivity (Wildman–Crippen MR) is 134 cm³/mol. The van der Waals surface area contributed by atoms with Crippen molar-refractivity contribution < 1.29 is 9.53 Å². The molecule has 1 saturated carbocycles. The number of carbonyl (C=O) groups is 1. The van der Waals surface area contributed by atoms with E-state index in [-0.39, 0.29) is 12.0 Å². The third-order valence-corrected chi connectivity index (χ3v) is 6.54. The first-order valence-electron chi connectivity index (χ1n) is 11.0. The third kappa shape index (κ3) is 5.42. The number of carbonyl (C=O) groups excluding carboxylic acids is 1. The zero-order valence-corrected chi connectivity index (χ0v) is 19.7. The van der Waals surface area contributed by atoms with Crippen molar-refractivity contribution in [3.63, 3.8) is 0 Å². The van der Waals surface area contributed by atoms with Crippen molar-refractivity contribution in [1.29, 1.82) is 0 Å². The van der Waals surface area contributed by atoms with Crippen molar-refractivity contribution in [2.45, 2.75) is 36.7 Å². The van der Waals surface area contributed by atoms with E-state index < -0.39 is 0 Å². The lowest BCUT2D eigenvalue weighted by molar-refractivity contribution is 0.0685. The lowest BCUT2D eigenvalue weighted by atomic mass is 10.1. The highest BCUT2D eigenvalue weighted by Crippen LogP contribution is 2.29. The van der Waals surface area contributed by atoms with Gasteiger partial charge in [-0.05, 0) is 56.1 Å². The number of rotatable bonds is 4. The maximum absolute atomic E-state index is 13.3. The molecule has 0 atom stereocenters. The highest BCUT2D eigenvalue weighted by molar-refractivity contribution is 7.80. The Labute approximate surface area is 199 Å². The molecule has 0 radical (unpaired) electrons. The molecule has 1 heterocycles. The maximum Gasteiger partial charge on any atom is 0.257 e. The number of piperazine rings is 1. The normalized spacial score (nSPS) is 17.5. The Morgan fingerprint density at radius 3 is 2.38 bits per heavy atom. The predicted octanol–water partition coefficient (Wildman–Crippen LogP) is 3.74. The molecule has 0 aromatic heterocycles. The summed E-state index contributed by atoms with van der Waals surface area (Å²) in [6.45, 7) is 2.32. The molecule has 2 N–H and O–H groups in total. The number of thiol groups is 1. The molecule has 1 amide bonds. The molecule has 2 fully saturated rings. The van der Waals surface area contributed by atoms with Crippen LogP contribution in [0.5, 0.6) is 5.75 Å². The van der Waals surface area contributed by atoms with Crippen LogP contribution in [0.2, 0.25) is 0 Å². The highest BCUT2D eigenvalue weighted by Gasteiger charge is 2.27. The first kappa shape index (κ1) is 22.6. The Hall–Kier alpha value is -2.58. The summed E-state index contributed by atoms with van der Waals surface area (Å²) in [6, 6.07) is 15.1. The van der Waals surface area contributed by atoms with Gasteiger partial charge in [0.05, 0.1) is 11.7 Å². The van der Waals surface area contributed by atoms with Crippen LogP contribution in [0.4, 0.5) is 0 Å². The number of amides is 1. The molecule has 4 rings (SSSR count). The van der Waals surface area contributed by atoms with Gasteiger partial charge >= 0.3 is 0 Å². The highest BCUT2D eigenvalue weighted by atomic mass is 32.1. The van der Waals surface area contributed by atoms with Gasteiger partial charge in [-0.2, -0.15) is 0 Å². The number of ether oxygens (including phenoxy) is 1. The molecule has 6 nitrogen and oxygen atoms in total. The van der Waals surface area contributed by atoms with Crippen LogP contribution in [0, 0.1) is 0 Å². The van der Waals surface area contributed by atoms with Crippen LogP contribution in [-0.2, 0) is 0 Å². The van der Waals surface area contributed by atoms with Crippen LogP contribution in [0.25, 0.3) is 0 Å². The standard InChI is InChI=1S/C24H28N4O2S2/c25-22(17-6-2-1-3-7-17)26-24(32)28-14-12-27(13-15-28)23(29)20-16-19(31)10-11-21(20)30-18-8-4-5-9-18/h1-3,6-7,10-11,16,18,31H,4-5,8-9,12-15H2,(H2,25,26,32). The van der Waals surface area contributed by atoms with Crippen LogP contribution in [0.1, 0.15) is 41.6 Å². The molecule has 1 saturated heterocycles. The number of amidine groups is 1. The second kappa shape index (κ2) is 10.4. The van der Waals surface area contributed by atoms with Crippen LogP contribution in [-0.4, -0.2) is 58.9 Å². The van der Waals surface area contributed by atoms with Crippen molar-refractivity contribution in [3.8, 4) is 5.75 Å². The van der Waals surface area contributed by atoms with Crippen molar-refractivity contribution >= 4 is 41.7 Å². The van der Waals surface area contributed by atoms with Gasteiger partial charge < -0.3 is 20.3 Å². The van der Waals surface area contributed by atoms with E-state index in [9.17, 15) is 4.79 Å². The first-order valence-corrected chi connectivity index (χ1v) is 11.8.